The molecule has 1 saturated carbocycles. The first-order valence-electron chi connectivity index (χ1n) is 10.6. The highest BCUT2D eigenvalue weighted by molar-refractivity contribution is 5.87. The van der Waals surface area contributed by atoms with E-state index >= 15 is 0 Å². The Bertz CT molecular complexity index is 871. The number of rotatable bonds is 2. The van der Waals surface area contributed by atoms with E-state index in [9.17, 15) is 0 Å². The number of hydrogen-bond acceptors (Lipinski definition) is 7. The van der Waals surface area contributed by atoms with E-state index in [2.05, 4.69) is 9.58 Å². The van der Waals surface area contributed by atoms with Crippen LogP contribution in [0.25, 0.3) is 11.0 Å². The van der Waals surface area contributed by atoms with Crippen LogP contribution in [0.4, 0.5) is 5.82 Å². The molecule has 5 heterocycles. The fraction of sp³-hybridized carbons (Fsp3) is 0.750. The lowest BCUT2D eigenvalue weighted by atomic mass is 9.90. The lowest BCUT2D eigenvalue weighted by molar-refractivity contribution is -0.181. The van der Waals surface area contributed by atoms with E-state index in [-0.39, 0.29) is 5.79 Å². The second-order valence-electron chi connectivity index (χ2n) is 8.62. The summed E-state index contributed by atoms with van der Waals surface area (Å²) < 4.78 is 19.9. The van der Waals surface area contributed by atoms with E-state index in [1.165, 1.54) is 0 Å². The Labute approximate surface area is 164 Å². The van der Waals surface area contributed by atoms with E-state index in [1.807, 2.05) is 13.1 Å². The maximum absolute atomic E-state index is 6.01. The molecule has 4 aliphatic rings. The predicted molar refractivity (Wildman–Crippen MR) is 102 cm³/mol. The molecule has 2 aromatic rings. The van der Waals surface area contributed by atoms with Gasteiger partial charge in [-0.25, -0.2) is 14.6 Å². The largest absolute Gasteiger partial charge is 0.371 e. The van der Waals surface area contributed by atoms with Crippen LogP contribution in [0.2, 0.25) is 0 Å². The summed E-state index contributed by atoms with van der Waals surface area (Å²) in [6.45, 7) is 5.23. The van der Waals surface area contributed by atoms with Crippen LogP contribution in [0.15, 0.2) is 6.20 Å². The van der Waals surface area contributed by atoms with Gasteiger partial charge in [0.2, 0.25) is 0 Å². The normalized spacial score (nSPS) is 30.0. The Morgan fingerprint density at radius 1 is 1.00 bits per heavy atom. The van der Waals surface area contributed by atoms with Crippen molar-refractivity contribution in [3.8, 4) is 0 Å². The zero-order chi connectivity index (χ0) is 18.7. The summed E-state index contributed by atoms with van der Waals surface area (Å²) in [6, 6.07) is 0.332. The van der Waals surface area contributed by atoms with Crippen LogP contribution in [0, 0.1) is 6.92 Å². The van der Waals surface area contributed by atoms with Gasteiger partial charge in [0.25, 0.3) is 0 Å². The molecule has 8 nitrogen and oxygen atoms in total. The van der Waals surface area contributed by atoms with Crippen molar-refractivity contribution >= 4 is 16.9 Å². The molecule has 3 saturated heterocycles. The SMILES string of the molecule is Cc1nc(N2CC3CCC(C2)O3)c2cnn(C3CCC4(CC3)OCCO4)c2n1. The standard InChI is InChI=1S/C20H27N5O3/c1-13-22-18(24-11-15-2-3-16(12-24)28-15)17-10-21-25(19(17)23-13)14-4-6-20(7-5-14)26-8-9-27-20/h10,14-16H,2-9,11-12H2,1H3. The van der Waals surface area contributed by atoms with Crippen molar-refractivity contribution in [1.82, 2.24) is 19.7 Å². The average molecular weight is 385 g/mol. The number of anilines is 1. The monoisotopic (exact) mass is 385 g/mol. The fourth-order valence-corrected chi connectivity index (χ4v) is 5.39. The minimum absolute atomic E-state index is 0.332. The van der Waals surface area contributed by atoms with Crippen molar-refractivity contribution in [2.75, 3.05) is 31.2 Å². The zero-order valence-electron chi connectivity index (χ0n) is 16.3. The molecule has 3 aliphatic heterocycles. The van der Waals surface area contributed by atoms with E-state index in [4.69, 9.17) is 29.3 Å². The first-order valence-corrected chi connectivity index (χ1v) is 10.6. The lowest BCUT2D eigenvalue weighted by Gasteiger charge is -2.35. The van der Waals surface area contributed by atoms with Gasteiger partial charge in [0.1, 0.15) is 11.6 Å². The van der Waals surface area contributed by atoms with E-state index in [0.717, 1.165) is 74.3 Å². The predicted octanol–water partition coefficient (Wildman–Crippen LogP) is 2.36. The highest BCUT2D eigenvalue weighted by atomic mass is 16.7. The molecule has 2 aromatic heterocycles. The maximum Gasteiger partial charge on any atom is 0.168 e. The highest BCUT2D eigenvalue weighted by Crippen LogP contribution is 2.41. The number of aromatic nitrogens is 4. The number of fused-ring (bicyclic) bond motifs is 3. The van der Waals surface area contributed by atoms with E-state index in [1.54, 1.807) is 0 Å². The minimum Gasteiger partial charge on any atom is -0.371 e. The maximum atomic E-state index is 6.01. The molecule has 0 radical (unpaired) electrons. The van der Waals surface area contributed by atoms with Crippen molar-refractivity contribution in [3.63, 3.8) is 0 Å². The Balaban J connectivity index is 1.31. The topological polar surface area (TPSA) is 74.5 Å². The smallest absolute Gasteiger partial charge is 0.168 e. The molecule has 1 spiro atoms. The first-order chi connectivity index (χ1) is 13.7. The van der Waals surface area contributed by atoms with Gasteiger partial charge in [-0.05, 0) is 32.6 Å². The van der Waals surface area contributed by atoms with Gasteiger partial charge < -0.3 is 19.1 Å². The minimum atomic E-state index is -0.345. The van der Waals surface area contributed by atoms with Crippen molar-refractivity contribution in [2.45, 2.75) is 69.5 Å². The average Bonchev–Trinajstić information content (AvgIpc) is 3.41. The third-order valence-corrected chi connectivity index (χ3v) is 6.76. The molecule has 28 heavy (non-hydrogen) atoms. The van der Waals surface area contributed by atoms with Crippen LogP contribution in [0.1, 0.15) is 50.4 Å². The van der Waals surface area contributed by atoms with Crippen molar-refractivity contribution in [3.05, 3.63) is 12.0 Å². The fourth-order valence-electron chi connectivity index (χ4n) is 5.39. The number of nitrogens with zero attached hydrogens (tertiary/aromatic N) is 5. The molecule has 4 fully saturated rings. The van der Waals surface area contributed by atoms with Gasteiger partial charge >= 0.3 is 0 Å². The van der Waals surface area contributed by atoms with Crippen LogP contribution >= 0.6 is 0 Å². The molecule has 0 amide bonds. The quantitative estimate of drug-likeness (QED) is 0.786. The summed E-state index contributed by atoms with van der Waals surface area (Å²) in [7, 11) is 0. The lowest BCUT2D eigenvalue weighted by Crippen LogP contribution is -2.43. The molecular formula is C20H27N5O3. The molecular weight excluding hydrogens is 358 g/mol. The van der Waals surface area contributed by atoms with E-state index in [0.29, 0.717) is 31.5 Å². The Morgan fingerprint density at radius 3 is 2.43 bits per heavy atom. The van der Waals surface area contributed by atoms with Gasteiger partial charge in [0.15, 0.2) is 11.4 Å². The third-order valence-electron chi connectivity index (χ3n) is 6.76. The molecule has 2 atom stereocenters. The van der Waals surface area contributed by atoms with E-state index < -0.39 is 0 Å². The summed E-state index contributed by atoms with van der Waals surface area (Å²) in [5.41, 5.74) is 0.954. The molecule has 0 N–H and O–H groups in total. The second-order valence-corrected chi connectivity index (χ2v) is 8.62. The third kappa shape index (κ3) is 2.73. The van der Waals surface area contributed by atoms with Gasteiger partial charge in [-0.3, -0.25) is 0 Å². The summed E-state index contributed by atoms with van der Waals surface area (Å²) in [5, 5.41) is 5.81. The Kier molecular flexibility index (Phi) is 3.89. The summed E-state index contributed by atoms with van der Waals surface area (Å²) in [4.78, 5) is 12.0. The van der Waals surface area contributed by atoms with Gasteiger partial charge in [-0.2, -0.15) is 5.10 Å². The molecule has 150 valence electrons. The van der Waals surface area contributed by atoms with Crippen LogP contribution in [0.3, 0.4) is 0 Å². The summed E-state index contributed by atoms with van der Waals surface area (Å²) in [5.74, 6) is 1.48. The second kappa shape index (κ2) is 6.37. The van der Waals surface area contributed by atoms with Gasteiger partial charge in [-0.1, -0.05) is 0 Å². The Morgan fingerprint density at radius 2 is 1.71 bits per heavy atom. The number of ether oxygens (including phenoxy) is 3. The summed E-state index contributed by atoms with van der Waals surface area (Å²) >= 11 is 0. The molecule has 2 unspecified atom stereocenters. The first kappa shape index (κ1) is 17.1. The van der Waals surface area contributed by atoms with Crippen molar-refractivity contribution in [1.29, 1.82) is 0 Å². The van der Waals surface area contributed by atoms with Crippen LogP contribution in [-0.2, 0) is 14.2 Å². The number of hydrogen-bond donors (Lipinski definition) is 0. The van der Waals surface area contributed by atoms with Crippen LogP contribution in [-0.4, -0.2) is 64.0 Å². The molecule has 6 rings (SSSR count). The molecule has 0 aromatic carbocycles. The number of aryl methyl sites for hydroxylation is 1. The van der Waals surface area contributed by atoms with Gasteiger partial charge in [0, 0.05) is 25.9 Å². The number of morpholine rings is 1. The zero-order valence-corrected chi connectivity index (χ0v) is 16.3. The van der Waals surface area contributed by atoms with Crippen LogP contribution < -0.4 is 4.90 Å². The van der Waals surface area contributed by atoms with Gasteiger partial charge in [-0.15, -0.1) is 0 Å². The van der Waals surface area contributed by atoms with Crippen molar-refractivity contribution < 1.29 is 14.2 Å². The van der Waals surface area contributed by atoms with Crippen molar-refractivity contribution in [2.24, 2.45) is 0 Å². The molecule has 8 heteroatoms. The Hall–Kier alpha value is -1.77. The van der Waals surface area contributed by atoms with Crippen LogP contribution in [0.5, 0.6) is 0 Å². The molecule has 2 bridgehead atoms. The molecule has 1 aliphatic carbocycles. The summed E-state index contributed by atoms with van der Waals surface area (Å²) in [6.07, 6.45) is 8.76. The van der Waals surface area contributed by atoms with Gasteiger partial charge in [0.05, 0.1) is 43.0 Å². The highest BCUT2D eigenvalue weighted by Gasteiger charge is 2.41.